The van der Waals surface area contributed by atoms with Gasteiger partial charge >= 0.3 is 0 Å². The summed E-state index contributed by atoms with van der Waals surface area (Å²) >= 11 is 3.35. The van der Waals surface area contributed by atoms with E-state index in [1.165, 1.54) is 10.9 Å². The Hall–Kier alpha value is -2.15. The summed E-state index contributed by atoms with van der Waals surface area (Å²) in [6, 6.07) is 7.11. The number of halogens is 1. The molecule has 1 aromatic carbocycles. The van der Waals surface area contributed by atoms with Crippen LogP contribution < -0.4 is 5.32 Å². The van der Waals surface area contributed by atoms with Crippen molar-refractivity contribution in [2.24, 2.45) is 7.05 Å². The van der Waals surface area contributed by atoms with Gasteiger partial charge in [-0.3, -0.25) is 14.3 Å². The zero-order valence-electron chi connectivity index (χ0n) is 13.5. The molecule has 0 unspecified atom stereocenters. The predicted octanol–water partition coefficient (Wildman–Crippen LogP) is 3.06. The van der Waals surface area contributed by atoms with Crippen LogP contribution in [0.1, 0.15) is 40.1 Å². The SMILES string of the molecule is Cn1ncc(NC(=O)c2cccc(Br)c2)c1C(=O)N1CCCCC1. The van der Waals surface area contributed by atoms with Crippen LogP contribution in [0.3, 0.4) is 0 Å². The smallest absolute Gasteiger partial charge is 0.274 e. The van der Waals surface area contributed by atoms with Crippen molar-refractivity contribution in [3.8, 4) is 0 Å². The van der Waals surface area contributed by atoms with Crippen molar-refractivity contribution >= 4 is 33.4 Å². The molecule has 126 valence electrons. The standard InChI is InChI=1S/C17H19BrN4O2/c1-21-15(17(24)22-8-3-2-4-9-22)14(11-19-21)20-16(23)12-6-5-7-13(18)10-12/h5-7,10-11H,2-4,8-9H2,1H3,(H,20,23). The molecule has 2 aromatic rings. The third-order valence-electron chi connectivity index (χ3n) is 4.12. The molecule has 0 bridgehead atoms. The number of aromatic nitrogens is 2. The zero-order valence-corrected chi connectivity index (χ0v) is 15.0. The molecule has 0 radical (unpaired) electrons. The number of nitrogens with zero attached hydrogens (tertiary/aromatic N) is 3. The molecule has 2 heterocycles. The number of hydrogen-bond donors (Lipinski definition) is 1. The second-order valence-electron chi connectivity index (χ2n) is 5.85. The minimum atomic E-state index is -0.267. The maximum Gasteiger partial charge on any atom is 0.274 e. The van der Waals surface area contributed by atoms with Crippen LogP contribution in [0.5, 0.6) is 0 Å². The lowest BCUT2D eigenvalue weighted by Gasteiger charge is -2.27. The fraction of sp³-hybridized carbons (Fsp3) is 0.353. The summed E-state index contributed by atoms with van der Waals surface area (Å²) in [6.07, 6.45) is 4.71. The number of piperidine rings is 1. The van der Waals surface area contributed by atoms with E-state index in [1.54, 1.807) is 25.2 Å². The first-order valence-electron chi connectivity index (χ1n) is 7.94. The number of carbonyl (C=O) groups is 2. The number of benzene rings is 1. The Morgan fingerprint density at radius 1 is 1.21 bits per heavy atom. The van der Waals surface area contributed by atoms with E-state index in [0.29, 0.717) is 16.9 Å². The molecule has 2 amide bonds. The van der Waals surface area contributed by atoms with Crippen molar-refractivity contribution in [3.63, 3.8) is 0 Å². The van der Waals surface area contributed by atoms with Crippen molar-refractivity contribution in [3.05, 3.63) is 46.2 Å². The third-order valence-corrected chi connectivity index (χ3v) is 4.61. The van der Waals surface area contributed by atoms with Crippen LogP contribution in [0.2, 0.25) is 0 Å². The van der Waals surface area contributed by atoms with E-state index >= 15 is 0 Å². The van der Waals surface area contributed by atoms with Gasteiger partial charge in [-0.25, -0.2) is 0 Å². The molecule has 1 fully saturated rings. The van der Waals surface area contributed by atoms with Gasteiger partial charge in [0, 0.05) is 30.2 Å². The summed E-state index contributed by atoms with van der Waals surface area (Å²) in [6.45, 7) is 1.51. The lowest BCUT2D eigenvalue weighted by molar-refractivity contribution is 0.0714. The summed E-state index contributed by atoms with van der Waals surface area (Å²) in [5, 5.41) is 6.95. The van der Waals surface area contributed by atoms with Crippen LogP contribution >= 0.6 is 15.9 Å². The Kier molecular flexibility index (Phi) is 4.99. The van der Waals surface area contributed by atoms with E-state index in [2.05, 4.69) is 26.3 Å². The number of hydrogen-bond acceptors (Lipinski definition) is 3. The lowest BCUT2D eigenvalue weighted by atomic mass is 10.1. The predicted molar refractivity (Wildman–Crippen MR) is 95.1 cm³/mol. The summed E-state index contributed by atoms with van der Waals surface area (Å²) in [5.41, 5.74) is 1.38. The first-order chi connectivity index (χ1) is 11.6. The number of rotatable bonds is 3. The number of amides is 2. The maximum absolute atomic E-state index is 12.8. The number of nitrogens with one attached hydrogen (secondary N) is 1. The molecule has 1 saturated heterocycles. The van der Waals surface area contributed by atoms with E-state index in [4.69, 9.17) is 0 Å². The maximum atomic E-state index is 12.8. The first-order valence-corrected chi connectivity index (χ1v) is 8.74. The van der Waals surface area contributed by atoms with Crippen LogP contribution in [0, 0.1) is 0 Å². The van der Waals surface area contributed by atoms with Gasteiger partial charge in [0.15, 0.2) is 0 Å². The van der Waals surface area contributed by atoms with Crippen molar-refractivity contribution in [1.82, 2.24) is 14.7 Å². The summed E-state index contributed by atoms with van der Waals surface area (Å²) in [7, 11) is 1.71. The molecule has 1 aromatic heterocycles. The molecule has 6 nitrogen and oxygen atoms in total. The van der Waals surface area contributed by atoms with E-state index in [-0.39, 0.29) is 11.8 Å². The Balaban J connectivity index is 1.82. The molecule has 0 atom stereocenters. The quantitative estimate of drug-likeness (QED) is 0.875. The highest BCUT2D eigenvalue weighted by Gasteiger charge is 2.25. The number of likely N-dealkylation sites (tertiary alicyclic amines) is 1. The Labute approximate surface area is 149 Å². The number of aryl methyl sites for hydroxylation is 1. The van der Waals surface area contributed by atoms with Gasteiger partial charge in [0.2, 0.25) is 0 Å². The Bertz CT molecular complexity index is 766. The minimum absolute atomic E-state index is 0.0840. The minimum Gasteiger partial charge on any atom is -0.337 e. The fourth-order valence-corrected chi connectivity index (χ4v) is 3.25. The average molecular weight is 391 g/mol. The number of carbonyl (C=O) groups excluding carboxylic acids is 2. The zero-order chi connectivity index (χ0) is 17.1. The van der Waals surface area contributed by atoms with Crippen LogP contribution in [-0.4, -0.2) is 39.6 Å². The molecule has 7 heteroatoms. The van der Waals surface area contributed by atoms with Crippen molar-refractivity contribution < 1.29 is 9.59 Å². The second kappa shape index (κ2) is 7.17. The molecule has 0 spiro atoms. The summed E-state index contributed by atoms with van der Waals surface area (Å²) in [4.78, 5) is 27.0. The Morgan fingerprint density at radius 2 is 1.96 bits per heavy atom. The molecular weight excluding hydrogens is 372 g/mol. The molecule has 24 heavy (non-hydrogen) atoms. The van der Waals surface area contributed by atoms with Crippen LogP contribution in [0.4, 0.5) is 5.69 Å². The van der Waals surface area contributed by atoms with E-state index in [0.717, 1.165) is 36.8 Å². The molecule has 3 rings (SSSR count). The summed E-state index contributed by atoms with van der Waals surface area (Å²) < 4.78 is 2.35. The highest BCUT2D eigenvalue weighted by molar-refractivity contribution is 9.10. The molecule has 1 aliphatic heterocycles. The first kappa shape index (κ1) is 16.7. The highest BCUT2D eigenvalue weighted by atomic mass is 79.9. The largest absolute Gasteiger partial charge is 0.337 e. The van der Waals surface area contributed by atoms with Gasteiger partial charge in [0.05, 0.1) is 11.9 Å². The normalized spacial score (nSPS) is 14.5. The van der Waals surface area contributed by atoms with Gasteiger partial charge in [-0.1, -0.05) is 22.0 Å². The monoisotopic (exact) mass is 390 g/mol. The Morgan fingerprint density at radius 3 is 2.67 bits per heavy atom. The molecule has 1 aliphatic rings. The second-order valence-corrected chi connectivity index (χ2v) is 6.76. The topological polar surface area (TPSA) is 67.2 Å². The van der Waals surface area contributed by atoms with Crippen molar-refractivity contribution in [2.75, 3.05) is 18.4 Å². The number of anilines is 1. The molecule has 0 aliphatic carbocycles. The molecule has 1 N–H and O–H groups in total. The van der Waals surface area contributed by atoms with Crippen LogP contribution in [0.15, 0.2) is 34.9 Å². The van der Waals surface area contributed by atoms with Crippen molar-refractivity contribution in [2.45, 2.75) is 19.3 Å². The van der Waals surface area contributed by atoms with Crippen LogP contribution in [0.25, 0.3) is 0 Å². The van der Waals surface area contributed by atoms with Gasteiger partial charge < -0.3 is 10.2 Å². The summed E-state index contributed by atoms with van der Waals surface area (Å²) in [5.74, 6) is -0.351. The van der Waals surface area contributed by atoms with Crippen molar-refractivity contribution in [1.29, 1.82) is 0 Å². The van der Waals surface area contributed by atoms with Crippen LogP contribution in [-0.2, 0) is 7.05 Å². The van der Waals surface area contributed by atoms with E-state index in [1.807, 2.05) is 11.0 Å². The van der Waals surface area contributed by atoms with E-state index in [9.17, 15) is 9.59 Å². The molecular formula is C17H19BrN4O2. The van der Waals surface area contributed by atoms with Gasteiger partial charge in [0.25, 0.3) is 11.8 Å². The van der Waals surface area contributed by atoms with Gasteiger partial charge in [-0.05, 0) is 37.5 Å². The van der Waals surface area contributed by atoms with Gasteiger partial charge in [0.1, 0.15) is 5.69 Å². The van der Waals surface area contributed by atoms with E-state index < -0.39 is 0 Å². The third kappa shape index (κ3) is 3.51. The lowest BCUT2D eigenvalue weighted by Crippen LogP contribution is -2.37. The van der Waals surface area contributed by atoms with Gasteiger partial charge in [-0.15, -0.1) is 0 Å². The highest BCUT2D eigenvalue weighted by Crippen LogP contribution is 2.21. The van der Waals surface area contributed by atoms with Gasteiger partial charge in [-0.2, -0.15) is 5.10 Å². The molecule has 0 saturated carbocycles. The fourth-order valence-electron chi connectivity index (χ4n) is 2.85. The average Bonchev–Trinajstić information content (AvgIpc) is 2.95.